The lowest BCUT2D eigenvalue weighted by atomic mass is 9.87. The summed E-state index contributed by atoms with van der Waals surface area (Å²) in [6.45, 7) is 1.88. The molecule has 0 bridgehead atoms. The minimum Gasteiger partial charge on any atom is -0.376 e. The topological polar surface area (TPSA) is 75.3 Å². The van der Waals surface area contributed by atoms with Crippen molar-refractivity contribution in [2.75, 3.05) is 11.9 Å². The number of carbonyl (C=O) groups excluding carboxylic acids is 1. The number of rotatable bonds is 4. The first-order chi connectivity index (χ1) is 10.2. The van der Waals surface area contributed by atoms with Gasteiger partial charge in [-0.05, 0) is 31.0 Å². The molecule has 0 saturated heterocycles. The number of primary amides is 1. The number of nitrogens with one attached hydrogen (secondary N) is 1. The number of aryl methyl sites for hydroxylation is 2. The number of hydrogen-bond donors (Lipinski definition) is 3. The second kappa shape index (κ2) is 5.91. The predicted octanol–water partition coefficient (Wildman–Crippen LogP) is 2.51. The quantitative estimate of drug-likeness (QED) is 0.735. The summed E-state index contributed by atoms with van der Waals surface area (Å²) in [5, 5.41) is 11.9. The number of anilines is 1. The molecule has 4 N–H and O–H groups in total. The molecular weight excluding hydrogens is 330 g/mol. The van der Waals surface area contributed by atoms with Crippen LogP contribution in [0.15, 0.2) is 12.1 Å². The number of halogens is 6. The highest BCUT2D eigenvalue weighted by molar-refractivity contribution is 5.79. The van der Waals surface area contributed by atoms with Gasteiger partial charge in [-0.25, -0.2) is 0 Å². The van der Waals surface area contributed by atoms with Crippen LogP contribution in [0, 0.1) is 13.8 Å². The van der Waals surface area contributed by atoms with Crippen LogP contribution >= 0.6 is 0 Å². The smallest absolute Gasteiger partial charge is 0.376 e. The number of nitrogens with two attached hydrogens (primary N) is 1. The van der Waals surface area contributed by atoms with Gasteiger partial charge in [-0.3, -0.25) is 4.79 Å². The second-order valence-electron chi connectivity index (χ2n) is 5.01. The van der Waals surface area contributed by atoms with Gasteiger partial charge in [-0.2, -0.15) is 26.3 Å². The van der Waals surface area contributed by atoms with Crippen molar-refractivity contribution in [1.82, 2.24) is 0 Å². The normalized spacial score (nSPS) is 13.1. The first kappa shape index (κ1) is 19.1. The fraction of sp³-hybridized carbons (Fsp3) is 0.462. The molecule has 0 spiro atoms. The fourth-order valence-electron chi connectivity index (χ4n) is 2.04. The van der Waals surface area contributed by atoms with Crippen molar-refractivity contribution >= 4 is 11.6 Å². The highest BCUT2D eigenvalue weighted by atomic mass is 19.4. The standard InChI is InChI=1S/C13H14F6N2O2/c1-6-4-9(21-5-10(20)22)7(2)3-8(6)11(23,12(14,15)16)13(17,18)19/h3-4,21,23H,5H2,1-2H3,(H2,20,22). The van der Waals surface area contributed by atoms with Gasteiger partial charge in [-0.15, -0.1) is 0 Å². The van der Waals surface area contributed by atoms with E-state index in [4.69, 9.17) is 5.73 Å². The molecule has 0 radical (unpaired) electrons. The minimum atomic E-state index is -5.95. The molecule has 1 amide bonds. The zero-order chi connectivity index (χ0) is 18.2. The van der Waals surface area contributed by atoms with E-state index in [0.717, 1.165) is 13.0 Å². The van der Waals surface area contributed by atoms with Crippen LogP contribution in [0.3, 0.4) is 0 Å². The molecule has 1 rings (SSSR count). The van der Waals surface area contributed by atoms with E-state index in [-0.39, 0.29) is 17.8 Å². The molecule has 0 heterocycles. The largest absolute Gasteiger partial charge is 0.430 e. The Balaban J connectivity index is 3.47. The first-order valence-corrected chi connectivity index (χ1v) is 6.21. The molecule has 1 aromatic carbocycles. The summed E-state index contributed by atoms with van der Waals surface area (Å²) < 4.78 is 77.4. The van der Waals surface area contributed by atoms with E-state index < -0.39 is 35.0 Å². The molecule has 4 nitrogen and oxygen atoms in total. The lowest BCUT2D eigenvalue weighted by Crippen LogP contribution is -2.54. The summed E-state index contributed by atoms with van der Waals surface area (Å²) >= 11 is 0. The number of benzene rings is 1. The van der Waals surface area contributed by atoms with E-state index in [9.17, 15) is 36.2 Å². The molecule has 0 saturated carbocycles. The lowest BCUT2D eigenvalue weighted by molar-refractivity contribution is -0.376. The maximum absolute atomic E-state index is 12.9. The van der Waals surface area contributed by atoms with Crippen molar-refractivity contribution in [3.63, 3.8) is 0 Å². The highest BCUT2D eigenvalue weighted by Crippen LogP contribution is 2.51. The maximum Gasteiger partial charge on any atom is 0.430 e. The Morgan fingerprint density at radius 1 is 1.09 bits per heavy atom. The summed E-state index contributed by atoms with van der Waals surface area (Å²) in [7, 11) is 0. The molecule has 0 aliphatic carbocycles. The molecule has 0 aromatic heterocycles. The molecule has 0 aliphatic rings. The number of alkyl halides is 6. The molecule has 10 heteroatoms. The van der Waals surface area contributed by atoms with Crippen molar-refractivity contribution in [2.24, 2.45) is 5.73 Å². The predicted molar refractivity (Wildman–Crippen MR) is 69.6 cm³/mol. The Kier molecular flexibility index (Phi) is 4.90. The molecule has 0 unspecified atom stereocenters. The van der Waals surface area contributed by atoms with Gasteiger partial charge in [0.1, 0.15) is 0 Å². The lowest BCUT2D eigenvalue weighted by Gasteiger charge is -2.34. The Hall–Kier alpha value is -1.97. The van der Waals surface area contributed by atoms with Crippen LogP contribution in [0.25, 0.3) is 0 Å². The molecule has 0 atom stereocenters. The van der Waals surface area contributed by atoms with Crippen LogP contribution in [0.4, 0.5) is 32.0 Å². The molecular formula is C13H14F6N2O2. The highest BCUT2D eigenvalue weighted by Gasteiger charge is 2.71. The Morgan fingerprint density at radius 3 is 1.96 bits per heavy atom. The third kappa shape index (κ3) is 3.52. The van der Waals surface area contributed by atoms with E-state index in [1.807, 2.05) is 0 Å². The monoisotopic (exact) mass is 344 g/mol. The zero-order valence-electron chi connectivity index (χ0n) is 12.1. The number of carbonyl (C=O) groups is 1. The Bertz CT molecular complexity index is 596. The van der Waals surface area contributed by atoms with Gasteiger partial charge in [-0.1, -0.05) is 6.07 Å². The van der Waals surface area contributed by atoms with E-state index in [2.05, 4.69) is 5.32 Å². The molecule has 130 valence electrons. The van der Waals surface area contributed by atoms with Crippen molar-refractivity contribution in [3.05, 3.63) is 28.8 Å². The maximum atomic E-state index is 12.9. The van der Waals surface area contributed by atoms with Gasteiger partial charge >= 0.3 is 12.4 Å². The van der Waals surface area contributed by atoms with E-state index in [1.165, 1.54) is 6.92 Å². The van der Waals surface area contributed by atoms with Crippen molar-refractivity contribution in [2.45, 2.75) is 31.8 Å². The summed E-state index contributed by atoms with van der Waals surface area (Å²) in [4.78, 5) is 10.7. The van der Waals surface area contributed by atoms with Crippen LogP contribution in [-0.4, -0.2) is 29.9 Å². The summed E-state index contributed by atoms with van der Waals surface area (Å²) in [5.74, 6) is -0.756. The zero-order valence-corrected chi connectivity index (χ0v) is 12.1. The Labute approximate surface area is 127 Å². The first-order valence-electron chi connectivity index (χ1n) is 6.21. The van der Waals surface area contributed by atoms with Crippen molar-refractivity contribution in [1.29, 1.82) is 0 Å². The fourth-order valence-corrected chi connectivity index (χ4v) is 2.04. The average Bonchev–Trinajstić information content (AvgIpc) is 2.35. The van der Waals surface area contributed by atoms with Crippen LogP contribution in [0.1, 0.15) is 16.7 Å². The summed E-state index contributed by atoms with van der Waals surface area (Å²) in [6, 6.07) is 1.57. The Morgan fingerprint density at radius 2 is 1.57 bits per heavy atom. The van der Waals surface area contributed by atoms with Crippen molar-refractivity contribution in [3.8, 4) is 0 Å². The van der Waals surface area contributed by atoms with Gasteiger partial charge in [0.25, 0.3) is 5.60 Å². The molecule has 0 aliphatic heterocycles. The molecule has 0 fully saturated rings. The van der Waals surface area contributed by atoms with Gasteiger partial charge in [0.05, 0.1) is 6.54 Å². The molecule has 23 heavy (non-hydrogen) atoms. The third-order valence-corrected chi connectivity index (χ3v) is 3.23. The van der Waals surface area contributed by atoms with E-state index in [1.54, 1.807) is 0 Å². The third-order valence-electron chi connectivity index (χ3n) is 3.23. The summed E-state index contributed by atoms with van der Waals surface area (Å²) in [5.41, 5.74) is -1.73. The second-order valence-corrected chi connectivity index (χ2v) is 5.01. The van der Waals surface area contributed by atoms with Crippen LogP contribution in [0.5, 0.6) is 0 Å². The number of aliphatic hydroxyl groups is 1. The van der Waals surface area contributed by atoms with E-state index >= 15 is 0 Å². The van der Waals surface area contributed by atoms with Crippen LogP contribution < -0.4 is 11.1 Å². The van der Waals surface area contributed by atoms with E-state index in [0.29, 0.717) is 6.07 Å². The van der Waals surface area contributed by atoms with Gasteiger partial charge in [0, 0.05) is 11.3 Å². The van der Waals surface area contributed by atoms with Gasteiger partial charge < -0.3 is 16.2 Å². The summed E-state index contributed by atoms with van der Waals surface area (Å²) in [6.07, 6.45) is -11.9. The van der Waals surface area contributed by atoms with Gasteiger partial charge in [0.2, 0.25) is 5.91 Å². The SMILES string of the molecule is Cc1cc(C(O)(C(F)(F)F)C(F)(F)F)c(C)cc1NCC(N)=O. The average molecular weight is 344 g/mol. The number of hydrogen-bond acceptors (Lipinski definition) is 3. The number of amides is 1. The van der Waals surface area contributed by atoms with Crippen molar-refractivity contribution < 1.29 is 36.2 Å². The minimum absolute atomic E-state index is 0.0150. The van der Waals surface area contributed by atoms with Gasteiger partial charge in [0.15, 0.2) is 0 Å². The van der Waals surface area contributed by atoms with Crippen LogP contribution in [-0.2, 0) is 10.4 Å². The molecule has 1 aromatic rings. The van der Waals surface area contributed by atoms with Crippen LogP contribution in [0.2, 0.25) is 0 Å².